The lowest BCUT2D eigenvalue weighted by molar-refractivity contribution is -0.132. The second-order valence-electron chi connectivity index (χ2n) is 4.96. The third-order valence-corrected chi connectivity index (χ3v) is 3.03. The first-order valence-corrected chi connectivity index (χ1v) is 5.64. The molecule has 0 aromatic rings. The highest BCUT2D eigenvalue weighted by molar-refractivity contribution is 5.78. The van der Waals surface area contributed by atoms with Crippen molar-refractivity contribution in [1.82, 2.24) is 10.2 Å². The lowest BCUT2D eigenvalue weighted by Gasteiger charge is -2.36. The summed E-state index contributed by atoms with van der Waals surface area (Å²) < 4.78 is 0. The van der Waals surface area contributed by atoms with E-state index in [4.69, 9.17) is 0 Å². The van der Waals surface area contributed by atoms with Crippen molar-refractivity contribution in [2.75, 3.05) is 26.2 Å². The van der Waals surface area contributed by atoms with Crippen LogP contribution >= 0.6 is 0 Å². The minimum Gasteiger partial charge on any atom is -0.342 e. The molecule has 1 heterocycles. The minimum absolute atomic E-state index is 0.215. The van der Waals surface area contributed by atoms with E-state index in [-0.39, 0.29) is 5.91 Å². The Bertz CT molecular complexity index is 226. The Kier molecular flexibility index (Phi) is 4.33. The zero-order valence-electron chi connectivity index (χ0n) is 9.88. The molecule has 0 aromatic carbocycles. The van der Waals surface area contributed by atoms with Crippen LogP contribution in [0.5, 0.6) is 0 Å². The molecule has 1 aliphatic rings. The van der Waals surface area contributed by atoms with Crippen molar-refractivity contribution in [1.29, 1.82) is 0 Å². The molecule has 3 nitrogen and oxygen atoms in total. The van der Waals surface area contributed by atoms with Crippen LogP contribution in [0.15, 0.2) is 12.7 Å². The number of carbonyl (C=O) groups is 1. The minimum atomic E-state index is 0.215. The van der Waals surface area contributed by atoms with Gasteiger partial charge in [-0.2, -0.15) is 0 Å². The number of carbonyl (C=O) groups excluding carboxylic acids is 1. The molecule has 0 aliphatic carbocycles. The van der Waals surface area contributed by atoms with Gasteiger partial charge < -0.3 is 10.2 Å². The van der Waals surface area contributed by atoms with Crippen molar-refractivity contribution in [2.45, 2.75) is 26.7 Å². The van der Waals surface area contributed by atoms with Crippen LogP contribution in [-0.2, 0) is 4.79 Å². The number of piperidine rings is 1. The van der Waals surface area contributed by atoms with E-state index in [1.165, 1.54) is 0 Å². The molecule has 0 spiro atoms. The Morgan fingerprint density at radius 1 is 1.47 bits per heavy atom. The van der Waals surface area contributed by atoms with Gasteiger partial charge in [0, 0.05) is 19.6 Å². The summed E-state index contributed by atoms with van der Waals surface area (Å²) in [5, 5.41) is 3.04. The van der Waals surface area contributed by atoms with E-state index >= 15 is 0 Å². The van der Waals surface area contributed by atoms with Crippen LogP contribution in [0.25, 0.3) is 0 Å². The third-order valence-electron chi connectivity index (χ3n) is 3.03. The lowest BCUT2D eigenvalue weighted by atomic mass is 9.83. The second-order valence-corrected chi connectivity index (χ2v) is 4.96. The quantitative estimate of drug-likeness (QED) is 0.562. The molecule has 86 valence electrons. The smallest absolute Gasteiger partial charge is 0.236 e. The fourth-order valence-corrected chi connectivity index (χ4v) is 1.75. The molecule has 1 rings (SSSR count). The van der Waals surface area contributed by atoms with Gasteiger partial charge in [-0.1, -0.05) is 19.9 Å². The predicted octanol–water partition coefficient (Wildman–Crippen LogP) is 1.41. The maximum Gasteiger partial charge on any atom is 0.236 e. The van der Waals surface area contributed by atoms with Gasteiger partial charge in [0.05, 0.1) is 6.54 Å². The second kappa shape index (κ2) is 5.31. The Morgan fingerprint density at radius 3 is 2.60 bits per heavy atom. The number of likely N-dealkylation sites (tertiary alicyclic amines) is 1. The molecule has 0 unspecified atom stereocenters. The summed E-state index contributed by atoms with van der Waals surface area (Å²) in [5.74, 6) is 0.215. The van der Waals surface area contributed by atoms with E-state index in [1.807, 2.05) is 4.90 Å². The van der Waals surface area contributed by atoms with Gasteiger partial charge in [-0.15, -0.1) is 6.58 Å². The average Bonchev–Trinajstić information content (AvgIpc) is 2.18. The van der Waals surface area contributed by atoms with Gasteiger partial charge in [0.15, 0.2) is 0 Å². The van der Waals surface area contributed by atoms with E-state index in [9.17, 15) is 4.79 Å². The van der Waals surface area contributed by atoms with Crippen molar-refractivity contribution in [3.63, 3.8) is 0 Å². The van der Waals surface area contributed by atoms with Crippen molar-refractivity contribution < 1.29 is 4.79 Å². The summed E-state index contributed by atoms with van der Waals surface area (Å²) in [4.78, 5) is 13.7. The fraction of sp³-hybridized carbons (Fsp3) is 0.750. The Labute approximate surface area is 92.5 Å². The molecule has 3 heteroatoms. The highest BCUT2D eigenvalue weighted by Gasteiger charge is 2.27. The highest BCUT2D eigenvalue weighted by atomic mass is 16.2. The van der Waals surface area contributed by atoms with Crippen LogP contribution in [0.4, 0.5) is 0 Å². The van der Waals surface area contributed by atoms with Gasteiger partial charge in [-0.3, -0.25) is 4.79 Å². The van der Waals surface area contributed by atoms with Crippen LogP contribution in [0.2, 0.25) is 0 Å². The standard InChI is InChI=1S/C12H22N2O/c1-4-7-13-10-11(15)14-8-5-12(2,3)6-9-14/h4,13H,1,5-10H2,2-3H3. The first kappa shape index (κ1) is 12.2. The molecule has 1 N–H and O–H groups in total. The van der Waals surface area contributed by atoms with Crippen LogP contribution in [0.1, 0.15) is 26.7 Å². The average molecular weight is 210 g/mol. The molecule has 0 atom stereocenters. The van der Waals surface area contributed by atoms with Crippen molar-refractivity contribution in [3.8, 4) is 0 Å². The molecule has 0 radical (unpaired) electrons. The molecule has 0 aromatic heterocycles. The first-order chi connectivity index (χ1) is 7.05. The summed E-state index contributed by atoms with van der Waals surface area (Å²) in [7, 11) is 0. The number of hydrogen-bond donors (Lipinski definition) is 1. The summed E-state index contributed by atoms with van der Waals surface area (Å²) in [6.07, 6.45) is 3.99. The monoisotopic (exact) mass is 210 g/mol. The largest absolute Gasteiger partial charge is 0.342 e. The molecule has 1 fully saturated rings. The normalized spacial score (nSPS) is 20.0. The SMILES string of the molecule is C=CCNCC(=O)N1CCC(C)(C)CC1. The molecule has 1 aliphatic heterocycles. The van der Waals surface area contributed by atoms with Crippen molar-refractivity contribution in [3.05, 3.63) is 12.7 Å². The summed E-state index contributed by atoms with van der Waals surface area (Å²) >= 11 is 0. The lowest BCUT2D eigenvalue weighted by Crippen LogP contribution is -2.44. The van der Waals surface area contributed by atoms with Gasteiger partial charge >= 0.3 is 0 Å². The highest BCUT2D eigenvalue weighted by Crippen LogP contribution is 2.29. The van der Waals surface area contributed by atoms with Crippen LogP contribution in [0, 0.1) is 5.41 Å². The van der Waals surface area contributed by atoms with E-state index in [0.29, 0.717) is 18.5 Å². The Balaban J connectivity index is 2.27. The van der Waals surface area contributed by atoms with Crippen LogP contribution in [0.3, 0.4) is 0 Å². The van der Waals surface area contributed by atoms with E-state index in [0.717, 1.165) is 25.9 Å². The number of nitrogens with zero attached hydrogens (tertiary/aromatic N) is 1. The topological polar surface area (TPSA) is 32.3 Å². The van der Waals surface area contributed by atoms with Gasteiger partial charge in [-0.05, 0) is 18.3 Å². The first-order valence-electron chi connectivity index (χ1n) is 5.64. The van der Waals surface area contributed by atoms with Gasteiger partial charge in [0.1, 0.15) is 0 Å². The Morgan fingerprint density at radius 2 is 2.07 bits per heavy atom. The number of rotatable bonds is 4. The van der Waals surface area contributed by atoms with Crippen LogP contribution < -0.4 is 5.32 Å². The van der Waals surface area contributed by atoms with E-state index < -0.39 is 0 Å². The van der Waals surface area contributed by atoms with Crippen LogP contribution in [-0.4, -0.2) is 37.0 Å². The zero-order valence-corrected chi connectivity index (χ0v) is 9.88. The van der Waals surface area contributed by atoms with Crippen molar-refractivity contribution in [2.24, 2.45) is 5.41 Å². The molecular formula is C12H22N2O. The van der Waals surface area contributed by atoms with E-state index in [1.54, 1.807) is 6.08 Å². The Hall–Kier alpha value is -0.830. The molecule has 1 saturated heterocycles. The fourth-order valence-electron chi connectivity index (χ4n) is 1.75. The van der Waals surface area contributed by atoms with Gasteiger partial charge in [-0.25, -0.2) is 0 Å². The number of hydrogen-bond acceptors (Lipinski definition) is 2. The maximum atomic E-state index is 11.7. The van der Waals surface area contributed by atoms with E-state index in [2.05, 4.69) is 25.7 Å². The molecule has 15 heavy (non-hydrogen) atoms. The number of amides is 1. The zero-order chi connectivity index (χ0) is 11.3. The molecule has 1 amide bonds. The maximum absolute atomic E-state index is 11.7. The summed E-state index contributed by atoms with van der Waals surface area (Å²) in [6.45, 7) is 11.1. The number of nitrogens with one attached hydrogen (secondary N) is 1. The summed E-state index contributed by atoms with van der Waals surface area (Å²) in [6, 6.07) is 0. The summed E-state index contributed by atoms with van der Waals surface area (Å²) in [5.41, 5.74) is 0.408. The van der Waals surface area contributed by atoms with Gasteiger partial charge in [0.25, 0.3) is 0 Å². The molecular weight excluding hydrogens is 188 g/mol. The van der Waals surface area contributed by atoms with Crippen molar-refractivity contribution >= 4 is 5.91 Å². The molecule has 0 bridgehead atoms. The van der Waals surface area contributed by atoms with Gasteiger partial charge in [0.2, 0.25) is 5.91 Å². The predicted molar refractivity (Wildman–Crippen MR) is 62.7 cm³/mol. The molecule has 0 saturated carbocycles. The third kappa shape index (κ3) is 4.04.